The predicted molar refractivity (Wildman–Crippen MR) is 103 cm³/mol. The molecule has 9 heteroatoms. The number of carbonyl (C=O) groups excluding carboxylic acids is 3. The number of rotatable bonds is 5. The zero-order chi connectivity index (χ0) is 20.4. The van der Waals surface area contributed by atoms with Gasteiger partial charge >= 0.3 is 5.97 Å². The molecule has 1 aromatic rings. The molecule has 0 unspecified atom stereocenters. The maximum Gasteiger partial charge on any atom is 0.326 e. The number of benzene rings is 1. The summed E-state index contributed by atoms with van der Waals surface area (Å²) < 4.78 is 15.5. The number of nitrogens with zero attached hydrogens (tertiary/aromatic N) is 1. The number of carbonyl (C=O) groups is 3. The molecule has 0 aliphatic carbocycles. The molecule has 1 heterocycles. The lowest BCUT2D eigenvalue weighted by atomic mass is 10.1. The fraction of sp³-hybridized carbons (Fsp3) is 0.389. The number of amides is 2. The van der Waals surface area contributed by atoms with E-state index >= 15 is 0 Å². The Morgan fingerprint density at radius 2 is 1.89 bits per heavy atom. The van der Waals surface area contributed by atoms with Gasteiger partial charge in [-0.3, -0.25) is 19.3 Å². The number of ether oxygens (including phenoxy) is 3. The Hall–Kier alpha value is -2.19. The van der Waals surface area contributed by atoms with Crippen LogP contribution in [0.2, 0.25) is 5.02 Å². The number of hydrogen-bond acceptors (Lipinski definition) is 7. The van der Waals surface area contributed by atoms with Gasteiger partial charge in [0.2, 0.25) is 0 Å². The second-order valence-electron chi connectivity index (χ2n) is 6.59. The normalized spacial score (nSPS) is 16.1. The SMILES string of the molecule is COc1cc(/C=C2/SC(=O)N(CC(=O)OC(C)(C)C)C2=O)cc(Cl)c1OC. The third kappa shape index (κ3) is 5.17. The Kier molecular flexibility index (Phi) is 6.43. The van der Waals surface area contributed by atoms with Crippen molar-refractivity contribution in [3.8, 4) is 11.5 Å². The molecule has 0 atom stereocenters. The molecule has 1 saturated heterocycles. The summed E-state index contributed by atoms with van der Waals surface area (Å²) in [6.45, 7) is 4.68. The number of hydrogen-bond donors (Lipinski definition) is 0. The molecule has 0 spiro atoms. The third-order valence-corrected chi connectivity index (χ3v) is 4.52. The smallest absolute Gasteiger partial charge is 0.326 e. The molecule has 1 aromatic carbocycles. The van der Waals surface area contributed by atoms with Gasteiger partial charge in [0, 0.05) is 0 Å². The molecule has 0 saturated carbocycles. The monoisotopic (exact) mass is 413 g/mol. The van der Waals surface area contributed by atoms with Crippen LogP contribution in [0, 0.1) is 0 Å². The van der Waals surface area contributed by atoms with E-state index in [1.165, 1.54) is 20.3 Å². The minimum Gasteiger partial charge on any atom is -0.493 e. The molecule has 0 N–H and O–H groups in total. The number of imide groups is 1. The summed E-state index contributed by atoms with van der Waals surface area (Å²) in [5.74, 6) is -0.458. The Morgan fingerprint density at radius 3 is 2.44 bits per heavy atom. The average molecular weight is 414 g/mol. The molecule has 146 valence electrons. The fourth-order valence-corrected chi connectivity index (χ4v) is 3.45. The maximum atomic E-state index is 12.5. The average Bonchev–Trinajstić information content (AvgIpc) is 2.80. The molecule has 1 aliphatic heterocycles. The Balaban J connectivity index is 2.23. The Morgan fingerprint density at radius 1 is 1.22 bits per heavy atom. The van der Waals surface area contributed by atoms with Crippen molar-refractivity contribution in [3.05, 3.63) is 27.6 Å². The third-order valence-electron chi connectivity index (χ3n) is 3.33. The maximum absolute atomic E-state index is 12.5. The van der Waals surface area contributed by atoms with Crippen molar-refractivity contribution < 1.29 is 28.6 Å². The minimum atomic E-state index is -0.703. The van der Waals surface area contributed by atoms with Gasteiger partial charge in [0.05, 0.1) is 24.1 Å². The highest BCUT2D eigenvalue weighted by Crippen LogP contribution is 2.38. The minimum absolute atomic E-state index is 0.173. The molecule has 27 heavy (non-hydrogen) atoms. The standard InChI is InChI=1S/C18H20ClNO6S/c1-18(2,3)26-14(21)9-20-16(22)13(27-17(20)23)8-10-6-11(19)15(25-5)12(7-10)24-4/h6-8H,9H2,1-5H3/b13-8+. The molecular formula is C18H20ClNO6S. The first-order valence-corrected chi connectivity index (χ1v) is 9.14. The Labute approximate surface area is 166 Å². The zero-order valence-electron chi connectivity index (χ0n) is 15.6. The van der Waals surface area contributed by atoms with Crippen molar-refractivity contribution in [2.45, 2.75) is 26.4 Å². The van der Waals surface area contributed by atoms with Gasteiger partial charge in [-0.15, -0.1) is 0 Å². The summed E-state index contributed by atoms with van der Waals surface area (Å²) in [4.78, 5) is 37.6. The van der Waals surface area contributed by atoms with E-state index in [4.69, 9.17) is 25.8 Å². The van der Waals surface area contributed by atoms with Crippen LogP contribution >= 0.6 is 23.4 Å². The number of esters is 1. The summed E-state index contributed by atoms with van der Waals surface area (Å²) >= 11 is 6.90. The van der Waals surface area contributed by atoms with Gasteiger partial charge in [-0.05, 0) is 56.3 Å². The van der Waals surface area contributed by atoms with Crippen molar-refractivity contribution in [3.63, 3.8) is 0 Å². The van der Waals surface area contributed by atoms with E-state index in [2.05, 4.69) is 0 Å². The van der Waals surface area contributed by atoms with E-state index in [0.717, 1.165) is 16.7 Å². The molecule has 1 aliphatic rings. The molecular weight excluding hydrogens is 394 g/mol. The van der Waals surface area contributed by atoms with Crippen LogP contribution in [-0.2, 0) is 14.3 Å². The molecule has 2 rings (SSSR count). The highest BCUT2D eigenvalue weighted by Gasteiger charge is 2.37. The van der Waals surface area contributed by atoms with E-state index < -0.39 is 29.3 Å². The van der Waals surface area contributed by atoms with E-state index in [9.17, 15) is 14.4 Å². The highest BCUT2D eigenvalue weighted by molar-refractivity contribution is 8.18. The van der Waals surface area contributed by atoms with Crippen LogP contribution in [0.25, 0.3) is 6.08 Å². The fourth-order valence-electron chi connectivity index (χ4n) is 2.31. The molecule has 1 fully saturated rings. The van der Waals surface area contributed by atoms with Crippen LogP contribution < -0.4 is 9.47 Å². The lowest BCUT2D eigenvalue weighted by Crippen LogP contribution is -2.37. The quantitative estimate of drug-likeness (QED) is 0.537. The second kappa shape index (κ2) is 8.22. The van der Waals surface area contributed by atoms with Gasteiger partial charge in [0.1, 0.15) is 12.1 Å². The number of methoxy groups -OCH3 is 2. The van der Waals surface area contributed by atoms with Gasteiger partial charge < -0.3 is 14.2 Å². The highest BCUT2D eigenvalue weighted by atomic mass is 35.5. The van der Waals surface area contributed by atoms with E-state index in [1.807, 2.05) is 0 Å². The summed E-state index contributed by atoms with van der Waals surface area (Å²) in [6, 6.07) is 3.22. The van der Waals surface area contributed by atoms with Gasteiger partial charge in [0.15, 0.2) is 11.5 Å². The van der Waals surface area contributed by atoms with Crippen molar-refractivity contribution in [1.29, 1.82) is 0 Å². The van der Waals surface area contributed by atoms with E-state index in [0.29, 0.717) is 22.1 Å². The van der Waals surface area contributed by atoms with Crippen molar-refractivity contribution in [2.75, 3.05) is 20.8 Å². The molecule has 7 nitrogen and oxygen atoms in total. The lowest BCUT2D eigenvalue weighted by Gasteiger charge is -2.21. The number of thioether (sulfide) groups is 1. The first-order valence-electron chi connectivity index (χ1n) is 7.94. The van der Waals surface area contributed by atoms with Crippen molar-refractivity contribution >= 4 is 46.6 Å². The van der Waals surface area contributed by atoms with Gasteiger partial charge in [-0.1, -0.05) is 11.6 Å². The number of halogens is 1. The van der Waals surface area contributed by atoms with Gasteiger partial charge in [-0.2, -0.15) is 0 Å². The van der Waals surface area contributed by atoms with Crippen LogP contribution in [0.4, 0.5) is 4.79 Å². The van der Waals surface area contributed by atoms with Crippen LogP contribution in [0.3, 0.4) is 0 Å². The largest absolute Gasteiger partial charge is 0.493 e. The van der Waals surface area contributed by atoms with Gasteiger partial charge in [-0.25, -0.2) is 0 Å². The zero-order valence-corrected chi connectivity index (χ0v) is 17.2. The van der Waals surface area contributed by atoms with Crippen molar-refractivity contribution in [2.24, 2.45) is 0 Å². The molecule has 0 radical (unpaired) electrons. The molecule has 0 bridgehead atoms. The summed E-state index contributed by atoms with van der Waals surface area (Å²) in [6.07, 6.45) is 1.51. The summed E-state index contributed by atoms with van der Waals surface area (Å²) in [5.41, 5.74) is -0.147. The topological polar surface area (TPSA) is 82.1 Å². The van der Waals surface area contributed by atoms with E-state index in [1.54, 1.807) is 32.9 Å². The van der Waals surface area contributed by atoms with Crippen LogP contribution in [0.5, 0.6) is 11.5 Å². The summed E-state index contributed by atoms with van der Waals surface area (Å²) in [5, 5.41) is -0.236. The van der Waals surface area contributed by atoms with Gasteiger partial charge in [0.25, 0.3) is 11.1 Å². The predicted octanol–water partition coefficient (Wildman–Crippen LogP) is 3.74. The van der Waals surface area contributed by atoms with Crippen molar-refractivity contribution in [1.82, 2.24) is 4.90 Å². The second-order valence-corrected chi connectivity index (χ2v) is 7.99. The Bertz CT molecular complexity index is 815. The van der Waals surface area contributed by atoms with E-state index in [-0.39, 0.29) is 4.91 Å². The first-order chi connectivity index (χ1) is 12.6. The lowest BCUT2D eigenvalue weighted by molar-refractivity contribution is -0.156. The van der Waals surface area contributed by atoms with Crippen LogP contribution in [0.15, 0.2) is 17.0 Å². The van der Waals surface area contributed by atoms with Crippen LogP contribution in [0.1, 0.15) is 26.3 Å². The summed E-state index contributed by atoms with van der Waals surface area (Å²) in [7, 11) is 2.93. The van der Waals surface area contributed by atoms with Crippen LogP contribution in [-0.4, -0.2) is 48.4 Å². The molecule has 2 amide bonds. The first kappa shape index (κ1) is 21.1. The molecule has 0 aromatic heterocycles.